The van der Waals surface area contributed by atoms with Gasteiger partial charge in [-0.25, -0.2) is 8.42 Å². The van der Waals surface area contributed by atoms with E-state index in [1.807, 2.05) is 23.6 Å². The lowest BCUT2D eigenvalue weighted by molar-refractivity contribution is -0.112. The van der Waals surface area contributed by atoms with Crippen molar-refractivity contribution in [3.8, 4) is 0 Å². The Bertz CT molecular complexity index is 881. The minimum Gasteiger partial charge on any atom is -0.322 e. The van der Waals surface area contributed by atoms with Gasteiger partial charge in [-0.2, -0.15) is 4.31 Å². The smallest absolute Gasteiger partial charge is 0.251 e. The Morgan fingerprint density at radius 1 is 1.20 bits per heavy atom. The molecule has 5 nitrogen and oxygen atoms in total. The summed E-state index contributed by atoms with van der Waals surface area (Å²) < 4.78 is 26.7. The van der Waals surface area contributed by atoms with E-state index in [4.69, 9.17) is 0 Å². The minimum atomic E-state index is -3.49. The van der Waals surface area contributed by atoms with Gasteiger partial charge in [0.25, 0.3) is 5.91 Å². The van der Waals surface area contributed by atoms with Gasteiger partial charge < -0.3 is 5.32 Å². The van der Waals surface area contributed by atoms with Crippen molar-refractivity contribution in [3.63, 3.8) is 0 Å². The average molecular weight is 377 g/mol. The zero-order valence-electron chi connectivity index (χ0n) is 13.9. The van der Waals surface area contributed by atoms with Crippen LogP contribution in [0.4, 0.5) is 5.69 Å². The Kier molecular flexibility index (Phi) is 5.36. The molecular weight excluding hydrogens is 356 g/mol. The largest absolute Gasteiger partial charge is 0.322 e. The van der Waals surface area contributed by atoms with E-state index in [1.165, 1.54) is 10.4 Å². The lowest BCUT2D eigenvalue weighted by atomic mass is 10.2. The maximum absolute atomic E-state index is 12.6. The van der Waals surface area contributed by atoms with Crippen molar-refractivity contribution in [1.29, 1.82) is 0 Å². The van der Waals surface area contributed by atoms with Crippen molar-refractivity contribution < 1.29 is 13.2 Å². The molecule has 1 N–H and O–H groups in total. The fraction of sp³-hybridized carbons (Fsp3) is 0.278. The molecule has 1 fully saturated rings. The highest BCUT2D eigenvalue weighted by atomic mass is 32.2. The summed E-state index contributed by atoms with van der Waals surface area (Å²) in [6.07, 6.45) is 3.59. The zero-order valence-corrected chi connectivity index (χ0v) is 15.6. The highest BCUT2D eigenvalue weighted by Crippen LogP contribution is 2.23. The van der Waals surface area contributed by atoms with Crippen LogP contribution in [-0.4, -0.2) is 31.7 Å². The molecule has 0 bridgehead atoms. The second-order valence-electron chi connectivity index (χ2n) is 5.94. The molecule has 1 aromatic heterocycles. The molecule has 0 unspecified atom stereocenters. The molecule has 0 spiro atoms. The minimum absolute atomic E-state index is 0.215. The second kappa shape index (κ2) is 7.51. The van der Waals surface area contributed by atoms with E-state index in [0.29, 0.717) is 24.4 Å². The van der Waals surface area contributed by atoms with E-state index >= 15 is 0 Å². The summed E-state index contributed by atoms with van der Waals surface area (Å²) in [7, 11) is -3.49. The number of carbonyl (C=O) groups excluding carboxylic acids is 1. The number of nitrogens with one attached hydrogen (secondary N) is 1. The van der Waals surface area contributed by atoms with E-state index in [0.717, 1.165) is 17.7 Å². The van der Waals surface area contributed by atoms with Crippen molar-refractivity contribution in [2.75, 3.05) is 18.4 Å². The highest BCUT2D eigenvalue weighted by molar-refractivity contribution is 7.89. The van der Waals surface area contributed by atoms with Crippen molar-refractivity contribution >= 4 is 39.0 Å². The molecule has 0 radical (unpaired) electrons. The van der Waals surface area contributed by atoms with Crippen molar-refractivity contribution in [1.82, 2.24) is 4.31 Å². The van der Waals surface area contributed by atoms with Crippen LogP contribution < -0.4 is 5.32 Å². The maximum atomic E-state index is 12.6. The summed E-state index contributed by atoms with van der Waals surface area (Å²) in [6.45, 7) is 2.85. The van der Waals surface area contributed by atoms with Crippen molar-refractivity contribution in [3.05, 3.63) is 52.2 Å². The highest BCUT2D eigenvalue weighted by Gasteiger charge is 2.27. The van der Waals surface area contributed by atoms with E-state index in [2.05, 4.69) is 5.32 Å². The Morgan fingerprint density at radius 3 is 2.64 bits per heavy atom. The summed E-state index contributed by atoms with van der Waals surface area (Å²) in [6, 6.07) is 10.3. The normalized spacial score (nSPS) is 16.1. The molecule has 1 aliphatic rings. The lowest BCUT2D eigenvalue weighted by Crippen LogP contribution is -2.27. The van der Waals surface area contributed by atoms with Crippen LogP contribution in [0.2, 0.25) is 0 Å². The molecular formula is C18H20N2O3S2. The van der Waals surface area contributed by atoms with Gasteiger partial charge in [-0.05, 0) is 55.5 Å². The van der Waals surface area contributed by atoms with Gasteiger partial charge in [0.2, 0.25) is 10.0 Å². The van der Waals surface area contributed by atoms with Crippen LogP contribution in [0.25, 0.3) is 6.08 Å². The number of carbonyl (C=O) groups is 1. The molecule has 1 saturated heterocycles. The first kappa shape index (κ1) is 17.8. The van der Waals surface area contributed by atoms with Gasteiger partial charge >= 0.3 is 0 Å². The topological polar surface area (TPSA) is 66.5 Å². The van der Waals surface area contributed by atoms with Gasteiger partial charge in [-0.15, -0.1) is 11.3 Å². The first-order valence-electron chi connectivity index (χ1n) is 8.10. The van der Waals surface area contributed by atoms with Crippen LogP contribution in [0.15, 0.2) is 52.2 Å². The lowest BCUT2D eigenvalue weighted by Gasteiger charge is -2.16. The number of anilines is 1. The average Bonchev–Trinajstić information content (AvgIpc) is 3.29. The molecule has 0 aliphatic carbocycles. The van der Waals surface area contributed by atoms with Crippen LogP contribution in [-0.2, 0) is 14.8 Å². The molecule has 2 heterocycles. The van der Waals surface area contributed by atoms with Crippen molar-refractivity contribution in [2.45, 2.75) is 24.7 Å². The number of rotatable bonds is 5. The SMILES string of the molecule is C/C(=C\c1cccs1)C(=O)Nc1cccc(S(=O)(=O)N2CCCC2)c1. The summed E-state index contributed by atoms with van der Waals surface area (Å²) in [4.78, 5) is 13.5. The van der Waals surface area contributed by atoms with E-state index < -0.39 is 10.0 Å². The summed E-state index contributed by atoms with van der Waals surface area (Å²) in [5, 5.41) is 4.72. The Labute approximate surface area is 152 Å². The quantitative estimate of drug-likeness (QED) is 0.811. The fourth-order valence-electron chi connectivity index (χ4n) is 2.69. The fourth-order valence-corrected chi connectivity index (χ4v) is 4.97. The molecule has 1 aromatic carbocycles. The summed E-state index contributed by atoms with van der Waals surface area (Å²) in [5.41, 5.74) is 1.04. The van der Waals surface area contributed by atoms with E-state index in [1.54, 1.807) is 36.5 Å². The van der Waals surface area contributed by atoms with Gasteiger partial charge in [-0.3, -0.25) is 4.79 Å². The van der Waals surface area contributed by atoms with Gasteiger partial charge in [0.1, 0.15) is 0 Å². The summed E-state index contributed by atoms with van der Waals surface area (Å²) in [5.74, 6) is -0.246. The van der Waals surface area contributed by atoms with Gasteiger partial charge in [0.05, 0.1) is 4.90 Å². The van der Waals surface area contributed by atoms with Gasteiger partial charge in [0.15, 0.2) is 0 Å². The Hall–Kier alpha value is -1.96. The number of hydrogen-bond acceptors (Lipinski definition) is 4. The number of hydrogen-bond donors (Lipinski definition) is 1. The second-order valence-corrected chi connectivity index (χ2v) is 8.85. The zero-order chi connectivity index (χ0) is 17.9. The molecule has 7 heteroatoms. The first-order valence-corrected chi connectivity index (χ1v) is 10.4. The number of sulfonamides is 1. The summed E-state index contributed by atoms with van der Waals surface area (Å²) >= 11 is 1.55. The molecule has 0 atom stereocenters. The third-order valence-electron chi connectivity index (χ3n) is 4.05. The number of amides is 1. The predicted octanol–water partition coefficient (Wildman–Crippen LogP) is 3.57. The van der Waals surface area contributed by atoms with Crippen LogP contribution in [0.1, 0.15) is 24.6 Å². The maximum Gasteiger partial charge on any atom is 0.251 e. The number of thiophene rings is 1. The van der Waals surface area contributed by atoms with Crippen LogP contribution in [0, 0.1) is 0 Å². The van der Waals surface area contributed by atoms with Crippen molar-refractivity contribution in [2.24, 2.45) is 0 Å². The van der Waals surface area contributed by atoms with Crippen LogP contribution in [0.3, 0.4) is 0 Å². The molecule has 0 saturated carbocycles. The third-order valence-corrected chi connectivity index (χ3v) is 6.77. The monoisotopic (exact) mass is 376 g/mol. The van der Waals surface area contributed by atoms with E-state index in [-0.39, 0.29) is 10.8 Å². The van der Waals surface area contributed by atoms with Crippen LogP contribution >= 0.6 is 11.3 Å². The van der Waals surface area contributed by atoms with E-state index in [9.17, 15) is 13.2 Å². The molecule has 3 rings (SSSR count). The van der Waals surface area contributed by atoms with Gasteiger partial charge in [-0.1, -0.05) is 12.1 Å². The number of nitrogens with zero attached hydrogens (tertiary/aromatic N) is 1. The molecule has 132 valence electrons. The Morgan fingerprint density at radius 2 is 1.96 bits per heavy atom. The molecule has 25 heavy (non-hydrogen) atoms. The molecule has 1 amide bonds. The first-order chi connectivity index (χ1) is 12.0. The molecule has 2 aromatic rings. The van der Waals surface area contributed by atoms with Gasteiger partial charge in [0, 0.05) is 29.2 Å². The van der Waals surface area contributed by atoms with Crippen LogP contribution in [0.5, 0.6) is 0 Å². The predicted molar refractivity (Wildman–Crippen MR) is 101 cm³/mol. The molecule has 1 aliphatic heterocycles. The Balaban J connectivity index is 1.76. The third kappa shape index (κ3) is 4.18. The number of benzene rings is 1. The standard InChI is InChI=1S/C18H20N2O3S2/c1-14(12-16-7-5-11-24-16)18(21)19-15-6-4-8-17(13-15)25(22,23)20-9-2-3-10-20/h4-8,11-13H,2-3,9-10H2,1H3,(H,19,21)/b14-12+.